The Morgan fingerprint density at radius 3 is 2.28 bits per heavy atom. The van der Waals surface area contributed by atoms with Crippen LogP contribution >= 0.6 is 0 Å². The van der Waals surface area contributed by atoms with Gasteiger partial charge >= 0.3 is 0 Å². The summed E-state index contributed by atoms with van der Waals surface area (Å²) < 4.78 is 0. The topological polar surface area (TPSA) is 64.7 Å². The van der Waals surface area contributed by atoms with Gasteiger partial charge in [-0.3, -0.25) is 9.59 Å². The van der Waals surface area contributed by atoms with Crippen LogP contribution in [-0.4, -0.2) is 56.0 Å². The largest absolute Gasteiger partial charge is 0.368 e. The van der Waals surface area contributed by atoms with E-state index in [4.69, 9.17) is 0 Å². The summed E-state index contributed by atoms with van der Waals surface area (Å²) in [6, 6.07) is 15.6. The number of amides is 2. The minimum absolute atomic E-state index is 0.0807. The number of hydrogen-bond acceptors (Lipinski definition) is 4. The van der Waals surface area contributed by atoms with E-state index in [-0.39, 0.29) is 18.4 Å². The second-order valence-corrected chi connectivity index (χ2v) is 7.16. The first-order chi connectivity index (χ1) is 14.1. The lowest BCUT2D eigenvalue weighted by Gasteiger charge is -2.36. The molecule has 2 aromatic carbocycles. The van der Waals surface area contributed by atoms with Crippen molar-refractivity contribution in [2.75, 3.05) is 49.5 Å². The molecule has 0 aromatic heterocycles. The maximum atomic E-state index is 12.7. The molecule has 1 aliphatic heterocycles. The van der Waals surface area contributed by atoms with E-state index in [0.29, 0.717) is 19.6 Å². The number of aryl methyl sites for hydroxylation is 1. The molecule has 1 saturated heterocycles. The predicted octanol–water partition coefficient (Wildman–Crippen LogP) is 2.67. The van der Waals surface area contributed by atoms with E-state index in [9.17, 15) is 9.59 Å². The zero-order valence-electron chi connectivity index (χ0n) is 16.9. The first-order valence-corrected chi connectivity index (χ1v) is 9.89. The van der Waals surface area contributed by atoms with Crippen molar-refractivity contribution in [3.63, 3.8) is 0 Å². The molecule has 6 nitrogen and oxygen atoms in total. The molecule has 0 atom stereocenters. The fourth-order valence-corrected chi connectivity index (χ4v) is 3.29. The average Bonchev–Trinajstić information content (AvgIpc) is 2.75. The summed E-state index contributed by atoms with van der Waals surface area (Å²) in [7, 11) is 0. The normalized spacial score (nSPS) is 13.8. The highest BCUT2D eigenvalue weighted by molar-refractivity contribution is 5.94. The standard InChI is InChI=1S/C23H28N4O2/c1-3-12-24-17-22(28)25-20-8-10-21(11-9-20)26-13-15-27(16-14-26)23(29)19-6-4-18(2)5-7-19/h3-11,24H,1,12-17H2,2H3,(H,25,28). The Labute approximate surface area is 172 Å². The van der Waals surface area contributed by atoms with E-state index in [1.807, 2.05) is 60.4 Å². The van der Waals surface area contributed by atoms with Crippen LogP contribution in [0.1, 0.15) is 15.9 Å². The Kier molecular flexibility index (Phi) is 7.03. The summed E-state index contributed by atoms with van der Waals surface area (Å²) >= 11 is 0. The Bertz CT molecular complexity index is 838. The van der Waals surface area contributed by atoms with Gasteiger partial charge in [-0.1, -0.05) is 23.8 Å². The number of nitrogens with one attached hydrogen (secondary N) is 2. The molecule has 2 aromatic rings. The van der Waals surface area contributed by atoms with Crippen LogP contribution < -0.4 is 15.5 Å². The van der Waals surface area contributed by atoms with Crippen LogP contribution in [0.4, 0.5) is 11.4 Å². The molecule has 3 rings (SSSR count). The van der Waals surface area contributed by atoms with Gasteiger partial charge in [0.25, 0.3) is 5.91 Å². The molecule has 0 unspecified atom stereocenters. The van der Waals surface area contributed by atoms with E-state index in [1.54, 1.807) is 6.08 Å². The van der Waals surface area contributed by atoms with Crippen molar-refractivity contribution >= 4 is 23.2 Å². The van der Waals surface area contributed by atoms with Crippen molar-refractivity contribution in [3.8, 4) is 0 Å². The lowest BCUT2D eigenvalue weighted by molar-refractivity contribution is -0.115. The van der Waals surface area contributed by atoms with Crippen molar-refractivity contribution in [2.45, 2.75) is 6.92 Å². The van der Waals surface area contributed by atoms with Crippen molar-refractivity contribution in [1.82, 2.24) is 10.2 Å². The van der Waals surface area contributed by atoms with Crippen molar-refractivity contribution < 1.29 is 9.59 Å². The van der Waals surface area contributed by atoms with Crippen LogP contribution in [0.2, 0.25) is 0 Å². The average molecular weight is 393 g/mol. The van der Waals surface area contributed by atoms with Crippen LogP contribution in [0.15, 0.2) is 61.2 Å². The SMILES string of the molecule is C=CCNCC(=O)Nc1ccc(N2CCN(C(=O)c3ccc(C)cc3)CC2)cc1. The van der Waals surface area contributed by atoms with Gasteiger partial charge in [0, 0.05) is 49.7 Å². The van der Waals surface area contributed by atoms with Gasteiger partial charge < -0.3 is 20.4 Å². The summed E-state index contributed by atoms with van der Waals surface area (Å²) in [6.45, 7) is 9.44. The minimum atomic E-state index is -0.0807. The highest BCUT2D eigenvalue weighted by Crippen LogP contribution is 2.20. The van der Waals surface area contributed by atoms with Gasteiger partial charge in [0.05, 0.1) is 6.54 Å². The van der Waals surface area contributed by atoms with Crippen LogP contribution in [0, 0.1) is 6.92 Å². The number of carbonyl (C=O) groups excluding carboxylic acids is 2. The third kappa shape index (κ3) is 5.68. The van der Waals surface area contributed by atoms with Crippen LogP contribution in [0.5, 0.6) is 0 Å². The molecule has 2 N–H and O–H groups in total. The molecule has 0 bridgehead atoms. The maximum absolute atomic E-state index is 12.7. The number of nitrogens with zero attached hydrogens (tertiary/aromatic N) is 2. The quantitative estimate of drug-likeness (QED) is 0.562. The van der Waals surface area contributed by atoms with Crippen LogP contribution in [0.25, 0.3) is 0 Å². The highest BCUT2D eigenvalue weighted by atomic mass is 16.2. The lowest BCUT2D eigenvalue weighted by atomic mass is 10.1. The molecule has 1 aliphatic rings. The molecule has 0 saturated carbocycles. The van der Waals surface area contributed by atoms with Crippen molar-refractivity contribution in [3.05, 3.63) is 72.3 Å². The molecule has 0 radical (unpaired) electrons. The minimum Gasteiger partial charge on any atom is -0.368 e. The van der Waals surface area contributed by atoms with Gasteiger partial charge in [0.1, 0.15) is 0 Å². The molecule has 29 heavy (non-hydrogen) atoms. The highest BCUT2D eigenvalue weighted by Gasteiger charge is 2.22. The second-order valence-electron chi connectivity index (χ2n) is 7.16. The van der Waals surface area contributed by atoms with Crippen LogP contribution in [0.3, 0.4) is 0 Å². The van der Waals surface area contributed by atoms with Gasteiger partial charge in [0.2, 0.25) is 5.91 Å². The number of rotatable bonds is 7. The van der Waals surface area contributed by atoms with Crippen molar-refractivity contribution in [1.29, 1.82) is 0 Å². The number of hydrogen-bond donors (Lipinski definition) is 2. The Balaban J connectivity index is 1.50. The molecule has 1 heterocycles. The molecule has 6 heteroatoms. The molecular weight excluding hydrogens is 364 g/mol. The molecule has 0 spiro atoms. The fourth-order valence-electron chi connectivity index (χ4n) is 3.29. The molecule has 2 amide bonds. The third-order valence-electron chi connectivity index (χ3n) is 4.96. The maximum Gasteiger partial charge on any atom is 0.253 e. The summed E-state index contributed by atoms with van der Waals surface area (Å²) in [6.07, 6.45) is 1.72. The molecule has 152 valence electrons. The molecule has 0 aliphatic carbocycles. The Hall–Kier alpha value is -3.12. The summed E-state index contributed by atoms with van der Waals surface area (Å²) in [5, 5.41) is 5.84. The zero-order valence-corrected chi connectivity index (χ0v) is 16.9. The van der Waals surface area contributed by atoms with E-state index in [0.717, 1.165) is 35.6 Å². The Morgan fingerprint density at radius 2 is 1.66 bits per heavy atom. The van der Waals surface area contributed by atoms with Crippen LogP contribution in [-0.2, 0) is 4.79 Å². The molecular formula is C23H28N4O2. The van der Waals surface area contributed by atoms with Crippen molar-refractivity contribution in [2.24, 2.45) is 0 Å². The second kappa shape index (κ2) is 9.89. The van der Waals surface area contributed by atoms with Gasteiger partial charge in [0.15, 0.2) is 0 Å². The number of piperazine rings is 1. The van der Waals surface area contributed by atoms with Gasteiger partial charge in [-0.25, -0.2) is 0 Å². The third-order valence-corrected chi connectivity index (χ3v) is 4.96. The number of carbonyl (C=O) groups is 2. The summed E-state index contributed by atoms with van der Waals surface area (Å²) in [4.78, 5) is 28.7. The fraction of sp³-hybridized carbons (Fsp3) is 0.304. The van der Waals surface area contributed by atoms with Gasteiger partial charge in [-0.15, -0.1) is 6.58 Å². The van der Waals surface area contributed by atoms with E-state index in [2.05, 4.69) is 22.1 Å². The number of anilines is 2. The lowest BCUT2D eigenvalue weighted by Crippen LogP contribution is -2.48. The van der Waals surface area contributed by atoms with E-state index in [1.165, 1.54) is 0 Å². The smallest absolute Gasteiger partial charge is 0.253 e. The first kappa shape index (κ1) is 20.6. The summed E-state index contributed by atoms with van der Waals surface area (Å²) in [5.74, 6) is 0.00982. The molecule has 1 fully saturated rings. The van der Waals surface area contributed by atoms with E-state index < -0.39 is 0 Å². The van der Waals surface area contributed by atoms with Gasteiger partial charge in [-0.2, -0.15) is 0 Å². The monoisotopic (exact) mass is 392 g/mol. The predicted molar refractivity (Wildman–Crippen MR) is 117 cm³/mol. The van der Waals surface area contributed by atoms with Gasteiger partial charge in [-0.05, 0) is 43.3 Å². The van der Waals surface area contributed by atoms with E-state index >= 15 is 0 Å². The summed E-state index contributed by atoms with van der Waals surface area (Å²) in [5.41, 5.74) is 3.76. The number of benzene rings is 2. The Morgan fingerprint density at radius 1 is 1.00 bits per heavy atom. The first-order valence-electron chi connectivity index (χ1n) is 9.89. The zero-order chi connectivity index (χ0) is 20.6.